The Morgan fingerprint density at radius 2 is 2.50 bits per heavy atom. The van der Waals surface area contributed by atoms with E-state index in [1.54, 1.807) is 0 Å². The fraction of sp³-hybridized carbons (Fsp3) is 0.625. The maximum Gasteiger partial charge on any atom is 0.0417 e. The van der Waals surface area contributed by atoms with Crippen molar-refractivity contribution in [3.05, 3.63) is 11.8 Å². The SMILES string of the molecule is C1=NC2=CC[N]CC2CC1. The highest BCUT2D eigenvalue weighted by atomic mass is 14.9. The van der Waals surface area contributed by atoms with Gasteiger partial charge in [0.05, 0.1) is 0 Å². The lowest BCUT2D eigenvalue weighted by atomic mass is 9.95. The summed E-state index contributed by atoms with van der Waals surface area (Å²) in [4.78, 5) is 4.33. The summed E-state index contributed by atoms with van der Waals surface area (Å²) in [5.41, 5.74) is 1.28. The van der Waals surface area contributed by atoms with Crippen LogP contribution in [0.4, 0.5) is 0 Å². The third-order valence-electron chi connectivity index (χ3n) is 2.08. The molecular formula is C8H11N2. The molecule has 0 aromatic heterocycles. The molecule has 0 aromatic carbocycles. The monoisotopic (exact) mass is 135 g/mol. The largest absolute Gasteiger partial charge is 0.266 e. The number of rotatable bonds is 0. The first-order valence-electron chi connectivity index (χ1n) is 3.82. The Bertz CT molecular complexity index is 182. The van der Waals surface area contributed by atoms with E-state index in [1.165, 1.54) is 12.1 Å². The molecule has 0 fully saturated rings. The highest BCUT2D eigenvalue weighted by Crippen LogP contribution is 2.23. The quantitative estimate of drug-likeness (QED) is 0.473. The third-order valence-corrected chi connectivity index (χ3v) is 2.08. The van der Waals surface area contributed by atoms with Gasteiger partial charge in [-0.05, 0) is 18.9 Å². The number of hydrogen-bond donors (Lipinski definition) is 0. The van der Waals surface area contributed by atoms with Crippen LogP contribution in [-0.2, 0) is 0 Å². The molecule has 0 aliphatic carbocycles. The fourth-order valence-electron chi connectivity index (χ4n) is 1.49. The molecular weight excluding hydrogens is 124 g/mol. The molecule has 1 atom stereocenters. The van der Waals surface area contributed by atoms with Crippen LogP contribution in [-0.4, -0.2) is 19.3 Å². The predicted octanol–water partition coefficient (Wildman–Crippen LogP) is 0.969. The predicted molar refractivity (Wildman–Crippen MR) is 41.2 cm³/mol. The summed E-state index contributed by atoms with van der Waals surface area (Å²) >= 11 is 0. The van der Waals surface area contributed by atoms with Crippen LogP contribution in [0, 0.1) is 5.92 Å². The zero-order valence-corrected chi connectivity index (χ0v) is 5.95. The lowest BCUT2D eigenvalue weighted by Gasteiger charge is -2.23. The molecule has 2 aliphatic rings. The Morgan fingerprint density at radius 1 is 1.50 bits per heavy atom. The zero-order chi connectivity index (χ0) is 6.81. The van der Waals surface area contributed by atoms with Gasteiger partial charge in [-0.3, -0.25) is 4.99 Å². The van der Waals surface area contributed by atoms with Crippen molar-refractivity contribution < 1.29 is 0 Å². The third kappa shape index (κ3) is 0.991. The van der Waals surface area contributed by atoms with Gasteiger partial charge < -0.3 is 0 Å². The Kier molecular flexibility index (Phi) is 1.55. The summed E-state index contributed by atoms with van der Waals surface area (Å²) in [6.45, 7) is 1.88. The van der Waals surface area contributed by atoms with Gasteiger partial charge in [0, 0.05) is 30.9 Å². The van der Waals surface area contributed by atoms with E-state index in [0.717, 1.165) is 19.5 Å². The summed E-state index contributed by atoms with van der Waals surface area (Å²) in [5.74, 6) is 0.652. The second-order valence-corrected chi connectivity index (χ2v) is 2.80. The van der Waals surface area contributed by atoms with Crippen LogP contribution in [0.3, 0.4) is 0 Å². The van der Waals surface area contributed by atoms with E-state index in [4.69, 9.17) is 0 Å². The van der Waals surface area contributed by atoms with Crippen molar-refractivity contribution in [2.75, 3.05) is 13.1 Å². The number of nitrogens with zero attached hydrogens (tertiary/aromatic N) is 2. The molecule has 53 valence electrons. The van der Waals surface area contributed by atoms with E-state index in [1.807, 2.05) is 6.21 Å². The molecule has 2 aliphatic heterocycles. The van der Waals surface area contributed by atoms with Crippen molar-refractivity contribution in [3.63, 3.8) is 0 Å². The Morgan fingerprint density at radius 3 is 3.40 bits per heavy atom. The molecule has 1 radical (unpaired) electrons. The highest BCUT2D eigenvalue weighted by Gasteiger charge is 2.18. The van der Waals surface area contributed by atoms with Crippen molar-refractivity contribution in [1.29, 1.82) is 0 Å². The molecule has 0 saturated carbocycles. The summed E-state index contributed by atoms with van der Waals surface area (Å²) in [6, 6.07) is 0. The first-order chi connectivity index (χ1) is 4.97. The highest BCUT2D eigenvalue weighted by molar-refractivity contribution is 5.60. The van der Waals surface area contributed by atoms with E-state index in [0.29, 0.717) is 5.92 Å². The van der Waals surface area contributed by atoms with Gasteiger partial charge in [-0.2, -0.15) is 0 Å². The number of hydrogen-bond acceptors (Lipinski definition) is 1. The number of fused-ring (bicyclic) bond motifs is 1. The van der Waals surface area contributed by atoms with Crippen LogP contribution < -0.4 is 5.32 Å². The Balaban J connectivity index is 2.21. The standard InChI is InChI=1S/C8H11N2/c1-2-7-6-9-5-3-8(7)10-4-1/h3-4,7H,1-2,5-6H2. The lowest BCUT2D eigenvalue weighted by molar-refractivity contribution is 0.485. The van der Waals surface area contributed by atoms with Crippen molar-refractivity contribution in [2.24, 2.45) is 10.9 Å². The molecule has 2 heterocycles. The molecule has 0 bridgehead atoms. The van der Waals surface area contributed by atoms with Gasteiger partial charge >= 0.3 is 0 Å². The smallest absolute Gasteiger partial charge is 0.0417 e. The van der Waals surface area contributed by atoms with E-state index >= 15 is 0 Å². The molecule has 0 aromatic rings. The molecule has 1 unspecified atom stereocenters. The van der Waals surface area contributed by atoms with E-state index in [9.17, 15) is 0 Å². The second kappa shape index (κ2) is 2.54. The second-order valence-electron chi connectivity index (χ2n) is 2.80. The molecule has 2 heteroatoms. The van der Waals surface area contributed by atoms with Crippen molar-refractivity contribution in [2.45, 2.75) is 12.8 Å². The van der Waals surface area contributed by atoms with Gasteiger partial charge in [-0.25, -0.2) is 5.32 Å². The van der Waals surface area contributed by atoms with Gasteiger partial charge in [0.2, 0.25) is 0 Å². The first-order valence-corrected chi connectivity index (χ1v) is 3.82. The Hall–Kier alpha value is -0.630. The minimum absolute atomic E-state index is 0.652. The topological polar surface area (TPSA) is 26.5 Å². The molecule has 0 saturated heterocycles. The minimum Gasteiger partial charge on any atom is -0.266 e. The first kappa shape index (κ1) is 6.10. The van der Waals surface area contributed by atoms with E-state index in [2.05, 4.69) is 16.4 Å². The Labute approximate surface area is 61.0 Å². The van der Waals surface area contributed by atoms with E-state index in [-0.39, 0.29) is 0 Å². The average molecular weight is 135 g/mol. The minimum atomic E-state index is 0.652. The van der Waals surface area contributed by atoms with Gasteiger partial charge in [-0.1, -0.05) is 0 Å². The summed E-state index contributed by atoms with van der Waals surface area (Å²) in [7, 11) is 0. The maximum absolute atomic E-state index is 4.33. The molecule has 0 amide bonds. The van der Waals surface area contributed by atoms with Gasteiger partial charge in [0.15, 0.2) is 0 Å². The zero-order valence-electron chi connectivity index (χ0n) is 5.95. The normalized spacial score (nSPS) is 31.2. The van der Waals surface area contributed by atoms with E-state index < -0.39 is 0 Å². The van der Waals surface area contributed by atoms with Crippen molar-refractivity contribution in [3.8, 4) is 0 Å². The average Bonchev–Trinajstić information content (AvgIpc) is 2.05. The van der Waals surface area contributed by atoms with Crippen molar-refractivity contribution >= 4 is 6.21 Å². The summed E-state index contributed by atoms with van der Waals surface area (Å²) < 4.78 is 0. The fourth-order valence-corrected chi connectivity index (χ4v) is 1.49. The summed E-state index contributed by atoms with van der Waals surface area (Å²) in [5, 5.41) is 4.31. The number of aliphatic imine (C=N–C) groups is 1. The van der Waals surface area contributed by atoms with Crippen LogP contribution >= 0.6 is 0 Å². The molecule has 2 nitrogen and oxygen atoms in total. The van der Waals surface area contributed by atoms with Gasteiger partial charge in [0.1, 0.15) is 0 Å². The maximum atomic E-state index is 4.33. The van der Waals surface area contributed by atoms with Crippen molar-refractivity contribution in [1.82, 2.24) is 5.32 Å². The van der Waals surface area contributed by atoms with Gasteiger partial charge in [-0.15, -0.1) is 0 Å². The molecule has 0 spiro atoms. The molecule has 0 N–H and O–H groups in total. The summed E-state index contributed by atoms with van der Waals surface area (Å²) in [6.07, 6.45) is 6.55. The van der Waals surface area contributed by atoms with Crippen LogP contribution in [0.15, 0.2) is 16.8 Å². The van der Waals surface area contributed by atoms with Crippen LogP contribution in [0.25, 0.3) is 0 Å². The van der Waals surface area contributed by atoms with Gasteiger partial charge in [0.25, 0.3) is 0 Å². The lowest BCUT2D eigenvalue weighted by Crippen LogP contribution is -2.25. The molecule has 2 rings (SSSR count). The van der Waals surface area contributed by atoms with Crippen LogP contribution in [0.5, 0.6) is 0 Å². The molecule has 10 heavy (non-hydrogen) atoms. The van der Waals surface area contributed by atoms with Crippen LogP contribution in [0.2, 0.25) is 0 Å². The van der Waals surface area contributed by atoms with Crippen LogP contribution in [0.1, 0.15) is 12.8 Å².